The van der Waals surface area contributed by atoms with Crippen LogP contribution in [-0.2, 0) is 0 Å². The molecule has 1 fully saturated rings. The molecule has 0 N–H and O–H groups in total. The van der Waals surface area contributed by atoms with Gasteiger partial charge < -0.3 is 9.80 Å². The fraction of sp³-hybridized carbons (Fsp3) is 0.400. The third-order valence-corrected chi connectivity index (χ3v) is 3.83. The number of nitrogens with zero attached hydrogens (tertiary/aromatic N) is 3. The van der Waals surface area contributed by atoms with Crippen molar-refractivity contribution in [2.45, 2.75) is 12.5 Å². The quantitative estimate of drug-likeness (QED) is 0.804. The average molecular weight is 241 g/mol. The van der Waals surface area contributed by atoms with Gasteiger partial charge >= 0.3 is 0 Å². The van der Waals surface area contributed by atoms with E-state index in [0.717, 1.165) is 18.6 Å². The Morgan fingerprint density at radius 2 is 2.11 bits per heavy atom. The van der Waals surface area contributed by atoms with Crippen molar-refractivity contribution in [2.75, 3.05) is 32.1 Å². The molecule has 18 heavy (non-hydrogen) atoms. The number of hydrogen-bond donors (Lipinski definition) is 0. The molecule has 2 heterocycles. The maximum atomic E-state index is 4.54. The van der Waals surface area contributed by atoms with Crippen LogP contribution in [0.15, 0.2) is 36.5 Å². The lowest BCUT2D eigenvalue weighted by molar-refractivity contribution is 0.315. The van der Waals surface area contributed by atoms with Gasteiger partial charge in [-0.1, -0.05) is 18.2 Å². The molecule has 2 aromatic rings. The van der Waals surface area contributed by atoms with E-state index >= 15 is 0 Å². The Labute approximate surface area is 108 Å². The first-order chi connectivity index (χ1) is 8.74. The van der Waals surface area contributed by atoms with Crippen LogP contribution in [0, 0.1) is 0 Å². The lowest BCUT2D eigenvalue weighted by Crippen LogP contribution is -2.31. The monoisotopic (exact) mass is 241 g/mol. The van der Waals surface area contributed by atoms with Gasteiger partial charge in [-0.2, -0.15) is 0 Å². The predicted octanol–water partition coefficient (Wildman–Crippen LogP) is 2.38. The van der Waals surface area contributed by atoms with Gasteiger partial charge in [0.25, 0.3) is 0 Å². The maximum absolute atomic E-state index is 4.54. The van der Waals surface area contributed by atoms with Crippen LogP contribution in [0.5, 0.6) is 0 Å². The largest absolute Gasteiger partial charge is 0.369 e. The first-order valence-corrected chi connectivity index (χ1v) is 6.50. The Bertz CT molecular complexity index is 550. The van der Waals surface area contributed by atoms with E-state index in [1.165, 1.54) is 17.5 Å². The van der Waals surface area contributed by atoms with Crippen molar-refractivity contribution in [3.05, 3.63) is 36.5 Å². The fourth-order valence-electron chi connectivity index (χ4n) is 2.63. The van der Waals surface area contributed by atoms with Gasteiger partial charge in [-0.05, 0) is 32.6 Å². The number of hydrogen-bond acceptors (Lipinski definition) is 3. The van der Waals surface area contributed by atoms with E-state index in [0.29, 0.717) is 6.04 Å². The third-order valence-electron chi connectivity index (χ3n) is 3.83. The lowest BCUT2D eigenvalue weighted by atomic mass is 10.2. The SMILES string of the molecule is CN(C)C1CCN(c2cnc3ccccc3c2)C1. The number of anilines is 1. The second-order valence-electron chi connectivity index (χ2n) is 5.24. The van der Waals surface area contributed by atoms with E-state index in [4.69, 9.17) is 0 Å². The number of pyridine rings is 1. The molecule has 1 saturated heterocycles. The highest BCUT2D eigenvalue weighted by molar-refractivity contribution is 5.81. The summed E-state index contributed by atoms with van der Waals surface area (Å²) >= 11 is 0. The minimum absolute atomic E-state index is 0.663. The second kappa shape index (κ2) is 4.58. The summed E-state index contributed by atoms with van der Waals surface area (Å²) in [5.74, 6) is 0. The van der Waals surface area contributed by atoms with Gasteiger partial charge in [0.1, 0.15) is 0 Å². The molecular weight excluding hydrogens is 222 g/mol. The molecule has 1 aliphatic heterocycles. The molecule has 3 heteroatoms. The first kappa shape index (κ1) is 11.5. The zero-order valence-corrected chi connectivity index (χ0v) is 11.0. The van der Waals surface area contributed by atoms with Crippen LogP contribution in [0.4, 0.5) is 5.69 Å². The highest BCUT2D eigenvalue weighted by Gasteiger charge is 2.24. The summed E-state index contributed by atoms with van der Waals surface area (Å²) in [6.07, 6.45) is 3.24. The zero-order valence-electron chi connectivity index (χ0n) is 11.0. The van der Waals surface area contributed by atoms with E-state index in [1.807, 2.05) is 12.3 Å². The molecule has 94 valence electrons. The number of likely N-dealkylation sites (N-methyl/N-ethyl adjacent to an activating group) is 1. The van der Waals surface area contributed by atoms with Crippen molar-refractivity contribution in [3.8, 4) is 0 Å². The number of fused-ring (bicyclic) bond motifs is 1. The molecule has 0 radical (unpaired) electrons. The Morgan fingerprint density at radius 1 is 1.28 bits per heavy atom. The van der Waals surface area contributed by atoms with Crippen LogP contribution in [0.1, 0.15) is 6.42 Å². The molecule has 0 amide bonds. The summed E-state index contributed by atoms with van der Waals surface area (Å²) in [4.78, 5) is 9.29. The van der Waals surface area contributed by atoms with Crippen LogP contribution >= 0.6 is 0 Å². The van der Waals surface area contributed by atoms with E-state index in [2.05, 4.69) is 53.1 Å². The van der Waals surface area contributed by atoms with E-state index < -0.39 is 0 Å². The van der Waals surface area contributed by atoms with Crippen molar-refractivity contribution in [2.24, 2.45) is 0 Å². The van der Waals surface area contributed by atoms with Gasteiger partial charge in [-0.3, -0.25) is 4.98 Å². The predicted molar refractivity (Wildman–Crippen MR) is 76.0 cm³/mol. The molecule has 0 saturated carbocycles. The molecule has 3 rings (SSSR count). The number of benzene rings is 1. The fourth-order valence-corrected chi connectivity index (χ4v) is 2.63. The van der Waals surface area contributed by atoms with Crippen LogP contribution < -0.4 is 4.90 Å². The van der Waals surface area contributed by atoms with Gasteiger partial charge in [-0.15, -0.1) is 0 Å². The van der Waals surface area contributed by atoms with Crippen molar-refractivity contribution in [1.29, 1.82) is 0 Å². The maximum Gasteiger partial charge on any atom is 0.0703 e. The molecule has 1 atom stereocenters. The summed E-state index contributed by atoms with van der Waals surface area (Å²) in [5.41, 5.74) is 2.32. The minimum Gasteiger partial charge on any atom is -0.369 e. The first-order valence-electron chi connectivity index (χ1n) is 6.50. The van der Waals surface area contributed by atoms with Crippen LogP contribution in [-0.4, -0.2) is 43.1 Å². The Kier molecular flexibility index (Phi) is 2.92. The minimum atomic E-state index is 0.663. The van der Waals surface area contributed by atoms with Crippen molar-refractivity contribution in [3.63, 3.8) is 0 Å². The summed E-state index contributed by atoms with van der Waals surface area (Å²) in [5, 5.41) is 1.23. The summed E-state index contributed by atoms with van der Waals surface area (Å²) in [6, 6.07) is 11.2. The van der Waals surface area contributed by atoms with Gasteiger partial charge in [0.15, 0.2) is 0 Å². The number of para-hydroxylation sites is 1. The lowest BCUT2D eigenvalue weighted by Gasteiger charge is -2.21. The molecule has 1 aromatic heterocycles. The number of rotatable bonds is 2. The third kappa shape index (κ3) is 2.06. The molecule has 1 unspecified atom stereocenters. The molecule has 0 spiro atoms. The Morgan fingerprint density at radius 3 is 2.89 bits per heavy atom. The molecule has 0 aliphatic carbocycles. The normalized spacial score (nSPS) is 19.9. The highest BCUT2D eigenvalue weighted by atomic mass is 15.2. The van der Waals surface area contributed by atoms with E-state index in [9.17, 15) is 0 Å². The van der Waals surface area contributed by atoms with Gasteiger partial charge in [0.2, 0.25) is 0 Å². The van der Waals surface area contributed by atoms with Gasteiger partial charge in [-0.25, -0.2) is 0 Å². The van der Waals surface area contributed by atoms with Gasteiger partial charge in [0, 0.05) is 24.5 Å². The molecular formula is C15H19N3. The summed E-state index contributed by atoms with van der Waals surface area (Å²) in [7, 11) is 4.32. The van der Waals surface area contributed by atoms with E-state index in [1.54, 1.807) is 0 Å². The summed E-state index contributed by atoms with van der Waals surface area (Å²) in [6.45, 7) is 2.23. The van der Waals surface area contributed by atoms with Crippen molar-refractivity contribution < 1.29 is 0 Å². The average Bonchev–Trinajstić information content (AvgIpc) is 2.88. The van der Waals surface area contributed by atoms with Crippen LogP contribution in [0.2, 0.25) is 0 Å². The molecule has 1 aromatic carbocycles. The molecule has 1 aliphatic rings. The Balaban J connectivity index is 1.87. The van der Waals surface area contributed by atoms with Crippen molar-refractivity contribution in [1.82, 2.24) is 9.88 Å². The second-order valence-corrected chi connectivity index (χ2v) is 5.24. The smallest absolute Gasteiger partial charge is 0.0703 e. The van der Waals surface area contributed by atoms with Crippen LogP contribution in [0.25, 0.3) is 10.9 Å². The molecule has 0 bridgehead atoms. The topological polar surface area (TPSA) is 19.4 Å². The standard InChI is InChI=1S/C15H19N3/c1-17(2)13-7-8-18(11-13)14-9-12-5-3-4-6-15(12)16-10-14/h3-6,9-10,13H,7-8,11H2,1-2H3. The number of aromatic nitrogens is 1. The van der Waals surface area contributed by atoms with E-state index in [-0.39, 0.29) is 0 Å². The zero-order chi connectivity index (χ0) is 12.5. The highest BCUT2D eigenvalue weighted by Crippen LogP contribution is 2.24. The summed E-state index contributed by atoms with van der Waals surface area (Å²) < 4.78 is 0. The van der Waals surface area contributed by atoms with Crippen molar-refractivity contribution >= 4 is 16.6 Å². The Hall–Kier alpha value is -1.61. The van der Waals surface area contributed by atoms with Crippen LogP contribution in [0.3, 0.4) is 0 Å². The van der Waals surface area contributed by atoms with Gasteiger partial charge in [0.05, 0.1) is 17.4 Å². The molecule has 3 nitrogen and oxygen atoms in total.